The number of rotatable bonds is 3. The zero-order valence-corrected chi connectivity index (χ0v) is 11.1. The molecule has 0 aliphatic carbocycles. The van der Waals surface area contributed by atoms with Gasteiger partial charge in [0.15, 0.2) is 0 Å². The number of benzene rings is 1. The number of nitrogens with zero attached hydrogens (tertiary/aromatic N) is 2. The van der Waals surface area contributed by atoms with Gasteiger partial charge in [-0.3, -0.25) is 9.69 Å². The van der Waals surface area contributed by atoms with Crippen LogP contribution in [0.15, 0.2) is 18.2 Å². The molecule has 1 saturated heterocycles. The molecule has 1 aromatic carbocycles. The SMILES string of the molecule is Cc1cccc(C)c1N1CCN(CCN)CC1=O. The Kier molecular flexibility index (Phi) is 3.99. The molecule has 0 saturated carbocycles. The van der Waals surface area contributed by atoms with Crippen molar-refractivity contribution in [3.8, 4) is 0 Å². The van der Waals surface area contributed by atoms with Gasteiger partial charge in [-0.05, 0) is 25.0 Å². The van der Waals surface area contributed by atoms with E-state index in [1.54, 1.807) is 0 Å². The first-order chi connectivity index (χ1) is 8.63. The molecule has 0 unspecified atom stereocenters. The van der Waals surface area contributed by atoms with Gasteiger partial charge in [0.05, 0.1) is 6.54 Å². The van der Waals surface area contributed by atoms with Crippen LogP contribution in [-0.2, 0) is 4.79 Å². The van der Waals surface area contributed by atoms with Crippen molar-refractivity contribution in [2.24, 2.45) is 5.73 Å². The van der Waals surface area contributed by atoms with Crippen LogP contribution >= 0.6 is 0 Å². The second-order valence-corrected chi connectivity index (χ2v) is 4.85. The predicted octanol–water partition coefficient (Wildman–Crippen LogP) is 0.911. The van der Waals surface area contributed by atoms with Gasteiger partial charge in [-0.1, -0.05) is 18.2 Å². The number of carbonyl (C=O) groups excluding carboxylic acids is 1. The number of hydrogen-bond donors (Lipinski definition) is 1. The maximum absolute atomic E-state index is 12.2. The van der Waals surface area contributed by atoms with Crippen LogP contribution in [0.5, 0.6) is 0 Å². The average Bonchev–Trinajstić information content (AvgIpc) is 2.32. The van der Waals surface area contributed by atoms with Crippen molar-refractivity contribution in [1.29, 1.82) is 0 Å². The highest BCUT2D eigenvalue weighted by atomic mass is 16.2. The van der Waals surface area contributed by atoms with Gasteiger partial charge in [-0.2, -0.15) is 0 Å². The summed E-state index contributed by atoms with van der Waals surface area (Å²) in [5.74, 6) is 0.173. The smallest absolute Gasteiger partial charge is 0.241 e. The summed E-state index contributed by atoms with van der Waals surface area (Å²) >= 11 is 0. The molecule has 1 fully saturated rings. The Labute approximate surface area is 108 Å². The quantitative estimate of drug-likeness (QED) is 0.864. The fourth-order valence-corrected chi connectivity index (χ4v) is 2.56. The van der Waals surface area contributed by atoms with Crippen molar-refractivity contribution in [3.05, 3.63) is 29.3 Å². The van der Waals surface area contributed by atoms with Gasteiger partial charge in [0.1, 0.15) is 0 Å². The Morgan fingerprint density at radius 2 is 1.89 bits per heavy atom. The van der Waals surface area contributed by atoms with Gasteiger partial charge in [-0.15, -0.1) is 0 Å². The lowest BCUT2D eigenvalue weighted by Gasteiger charge is -2.35. The molecule has 1 amide bonds. The lowest BCUT2D eigenvalue weighted by molar-refractivity contribution is -0.121. The molecule has 2 N–H and O–H groups in total. The topological polar surface area (TPSA) is 49.6 Å². The van der Waals surface area contributed by atoms with Crippen LogP contribution in [0.3, 0.4) is 0 Å². The minimum absolute atomic E-state index is 0.173. The summed E-state index contributed by atoms with van der Waals surface area (Å²) in [7, 11) is 0. The molecule has 1 aliphatic heterocycles. The molecule has 0 spiro atoms. The molecule has 0 atom stereocenters. The summed E-state index contributed by atoms with van der Waals surface area (Å²) < 4.78 is 0. The molecule has 0 bridgehead atoms. The molecule has 1 aromatic rings. The molecule has 1 aliphatic rings. The van der Waals surface area contributed by atoms with Gasteiger partial charge in [0, 0.05) is 31.9 Å². The van der Waals surface area contributed by atoms with Crippen molar-refractivity contribution in [2.75, 3.05) is 37.6 Å². The summed E-state index contributed by atoms with van der Waals surface area (Å²) in [6, 6.07) is 6.15. The van der Waals surface area contributed by atoms with Crippen LogP contribution in [0.25, 0.3) is 0 Å². The Hall–Kier alpha value is -1.39. The van der Waals surface area contributed by atoms with Crippen LogP contribution in [-0.4, -0.2) is 43.5 Å². The Bertz CT molecular complexity index is 424. The second kappa shape index (κ2) is 5.50. The van der Waals surface area contributed by atoms with Crippen molar-refractivity contribution in [2.45, 2.75) is 13.8 Å². The fourth-order valence-electron chi connectivity index (χ4n) is 2.56. The molecular formula is C14H21N3O. The minimum Gasteiger partial charge on any atom is -0.329 e. The molecule has 0 radical (unpaired) electrons. The van der Waals surface area contributed by atoms with Gasteiger partial charge >= 0.3 is 0 Å². The summed E-state index contributed by atoms with van der Waals surface area (Å²) in [5.41, 5.74) is 8.94. The highest BCUT2D eigenvalue weighted by Crippen LogP contribution is 2.25. The zero-order chi connectivity index (χ0) is 13.1. The Morgan fingerprint density at radius 1 is 1.22 bits per heavy atom. The summed E-state index contributed by atoms with van der Waals surface area (Å²) in [6.45, 7) is 7.65. The first-order valence-corrected chi connectivity index (χ1v) is 6.42. The number of aryl methyl sites for hydroxylation is 2. The van der Waals surface area contributed by atoms with E-state index >= 15 is 0 Å². The van der Waals surface area contributed by atoms with Crippen molar-refractivity contribution in [3.63, 3.8) is 0 Å². The van der Waals surface area contributed by atoms with E-state index in [1.165, 1.54) is 0 Å². The van der Waals surface area contributed by atoms with E-state index in [4.69, 9.17) is 5.73 Å². The lowest BCUT2D eigenvalue weighted by Crippen LogP contribution is -2.51. The fraction of sp³-hybridized carbons (Fsp3) is 0.500. The molecule has 4 heteroatoms. The summed E-state index contributed by atoms with van der Waals surface area (Å²) in [4.78, 5) is 16.3. The van der Waals surface area contributed by atoms with Crippen LogP contribution in [0.4, 0.5) is 5.69 Å². The van der Waals surface area contributed by atoms with Crippen LogP contribution in [0.2, 0.25) is 0 Å². The molecule has 4 nitrogen and oxygen atoms in total. The van der Waals surface area contributed by atoms with Crippen molar-refractivity contribution in [1.82, 2.24) is 4.90 Å². The third-order valence-corrected chi connectivity index (χ3v) is 3.45. The molecule has 2 rings (SSSR count). The Balaban J connectivity index is 2.18. The van der Waals surface area contributed by atoms with Gasteiger partial charge in [0.2, 0.25) is 5.91 Å². The van der Waals surface area contributed by atoms with Crippen LogP contribution in [0.1, 0.15) is 11.1 Å². The van der Waals surface area contributed by atoms with Gasteiger partial charge < -0.3 is 10.6 Å². The third-order valence-electron chi connectivity index (χ3n) is 3.45. The number of anilines is 1. The number of amides is 1. The van der Waals surface area contributed by atoms with E-state index in [2.05, 4.69) is 30.9 Å². The average molecular weight is 247 g/mol. The van der Waals surface area contributed by atoms with E-state index < -0.39 is 0 Å². The van der Waals surface area contributed by atoms with Crippen molar-refractivity contribution < 1.29 is 4.79 Å². The zero-order valence-electron chi connectivity index (χ0n) is 11.1. The minimum atomic E-state index is 0.173. The van der Waals surface area contributed by atoms with Crippen LogP contribution in [0, 0.1) is 13.8 Å². The largest absolute Gasteiger partial charge is 0.329 e. The summed E-state index contributed by atoms with van der Waals surface area (Å²) in [6.07, 6.45) is 0. The monoisotopic (exact) mass is 247 g/mol. The van der Waals surface area contributed by atoms with E-state index in [0.717, 1.165) is 36.4 Å². The number of nitrogens with two attached hydrogens (primary N) is 1. The van der Waals surface area contributed by atoms with Crippen LogP contribution < -0.4 is 10.6 Å². The number of piperazine rings is 1. The van der Waals surface area contributed by atoms with E-state index in [0.29, 0.717) is 13.1 Å². The van der Waals surface area contributed by atoms with E-state index in [9.17, 15) is 4.79 Å². The van der Waals surface area contributed by atoms with E-state index in [1.807, 2.05) is 11.0 Å². The maximum Gasteiger partial charge on any atom is 0.241 e. The standard InChI is InChI=1S/C14H21N3O/c1-11-4-3-5-12(2)14(11)17-9-8-16(7-6-15)10-13(17)18/h3-5H,6-10,15H2,1-2H3. The maximum atomic E-state index is 12.2. The second-order valence-electron chi connectivity index (χ2n) is 4.85. The van der Waals surface area contributed by atoms with Gasteiger partial charge in [-0.25, -0.2) is 0 Å². The highest BCUT2D eigenvalue weighted by Gasteiger charge is 2.26. The summed E-state index contributed by atoms with van der Waals surface area (Å²) in [5, 5.41) is 0. The van der Waals surface area contributed by atoms with E-state index in [-0.39, 0.29) is 5.91 Å². The number of hydrogen-bond acceptors (Lipinski definition) is 3. The normalized spacial score (nSPS) is 17.3. The number of carbonyl (C=O) groups is 1. The first-order valence-electron chi connectivity index (χ1n) is 6.42. The molecule has 0 aromatic heterocycles. The predicted molar refractivity (Wildman–Crippen MR) is 73.8 cm³/mol. The first kappa shape index (κ1) is 13.1. The third kappa shape index (κ3) is 2.54. The molecule has 98 valence electrons. The number of para-hydroxylation sites is 1. The van der Waals surface area contributed by atoms with Crippen molar-refractivity contribution >= 4 is 11.6 Å². The molecule has 18 heavy (non-hydrogen) atoms. The highest BCUT2D eigenvalue weighted by molar-refractivity contribution is 5.97. The lowest BCUT2D eigenvalue weighted by atomic mass is 10.1. The molecule has 1 heterocycles. The Morgan fingerprint density at radius 3 is 2.44 bits per heavy atom. The van der Waals surface area contributed by atoms with Gasteiger partial charge in [0.25, 0.3) is 0 Å². The molecular weight excluding hydrogens is 226 g/mol.